The molecule has 1 atom stereocenters. The van der Waals surface area contributed by atoms with E-state index in [-0.39, 0.29) is 17.5 Å². The van der Waals surface area contributed by atoms with Gasteiger partial charge in [0.15, 0.2) is 5.75 Å². The molecule has 0 spiro atoms. The summed E-state index contributed by atoms with van der Waals surface area (Å²) in [6.45, 7) is 4.11. The zero-order valence-electron chi connectivity index (χ0n) is 14.8. The molecule has 5 nitrogen and oxygen atoms in total. The van der Waals surface area contributed by atoms with Crippen molar-refractivity contribution in [3.05, 3.63) is 52.6 Å². The highest BCUT2D eigenvalue weighted by atomic mass is 16.6. The Morgan fingerprint density at radius 3 is 2.40 bits per heavy atom. The van der Waals surface area contributed by atoms with E-state index in [4.69, 9.17) is 4.74 Å². The molecule has 2 rings (SSSR count). The third-order valence-electron chi connectivity index (χ3n) is 4.15. The second-order valence-electron chi connectivity index (χ2n) is 6.26. The lowest BCUT2D eigenvalue weighted by Gasteiger charge is -2.15. The second kappa shape index (κ2) is 9.06. The van der Waals surface area contributed by atoms with E-state index in [1.165, 1.54) is 18.9 Å². The van der Waals surface area contributed by atoms with Crippen molar-refractivity contribution in [2.75, 3.05) is 0 Å². The fourth-order valence-corrected chi connectivity index (χ4v) is 2.73. The number of hydrogen-bond donors (Lipinski definition) is 1. The molecule has 0 aliphatic carbocycles. The Labute approximate surface area is 148 Å². The normalized spacial score (nSPS) is 11.9. The Balaban J connectivity index is 2.13. The molecule has 0 amide bonds. The van der Waals surface area contributed by atoms with Gasteiger partial charge in [-0.1, -0.05) is 44.4 Å². The summed E-state index contributed by atoms with van der Waals surface area (Å²) in [5, 5.41) is 20.8. The van der Waals surface area contributed by atoms with Crippen LogP contribution in [-0.4, -0.2) is 16.1 Å². The Morgan fingerprint density at radius 2 is 1.76 bits per heavy atom. The molecule has 0 unspecified atom stereocenters. The maximum atomic E-state index is 11.4. The standard InChI is InChI=1S/C20H25NO4/c1-3-4-5-6-7-15(2)25-20-13-10-17(14-19(20)21(23)24)16-8-11-18(22)12-9-16/h8-15,22H,3-7H2,1-2H3/t15-/m0/s1. The Hall–Kier alpha value is -2.56. The Bertz CT molecular complexity index is 697. The van der Waals surface area contributed by atoms with Crippen LogP contribution >= 0.6 is 0 Å². The zero-order valence-corrected chi connectivity index (χ0v) is 14.8. The molecular weight excluding hydrogens is 318 g/mol. The van der Waals surface area contributed by atoms with Gasteiger partial charge in [0.1, 0.15) is 5.75 Å². The summed E-state index contributed by atoms with van der Waals surface area (Å²) < 4.78 is 5.82. The average Bonchev–Trinajstić information content (AvgIpc) is 2.59. The van der Waals surface area contributed by atoms with Gasteiger partial charge in [-0.05, 0) is 49.1 Å². The van der Waals surface area contributed by atoms with Crippen LogP contribution in [0.5, 0.6) is 11.5 Å². The molecule has 2 aromatic rings. The molecule has 0 bridgehead atoms. The van der Waals surface area contributed by atoms with Crippen molar-refractivity contribution in [3.8, 4) is 22.6 Å². The van der Waals surface area contributed by atoms with E-state index >= 15 is 0 Å². The zero-order chi connectivity index (χ0) is 18.2. The summed E-state index contributed by atoms with van der Waals surface area (Å²) in [4.78, 5) is 11.0. The second-order valence-corrected chi connectivity index (χ2v) is 6.26. The number of aromatic hydroxyl groups is 1. The third-order valence-corrected chi connectivity index (χ3v) is 4.15. The minimum absolute atomic E-state index is 0.0361. The Kier molecular flexibility index (Phi) is 6.81. The van der Waals surface area contributed by atoms with Crippen LogP contribution in [0.1, 0.15) is 46.0 Å². The molecule has 0 fully saturated rings. The highest BCUT2D eigenvalue weighted by molar-refractivity contribution is 5.69. The van der Waals surface area contributed by atoms with E-state index in [0.29, 0.717) is 5.75 Å². The van der Waals surface area contributed by atoms with Gasteiger partial charge in [0.05, 0.1) is 11.0 Å². The predicted octanol–water partition coefficient (Wildman–Crippen LogP) is 5.71. The van der Waals surface area contributed by atoms with Crippen molar-refractivity contribution < 1.29 is 14.8 Å². The van der Waals surface area contributed by atoms with E-state index < -0.39 is 4.92 Å². The van der Waals surface area contributed by atoms with Crippen LogP contribution in [-0.2, 0) is 0 Å². The number of unbranched alkanes of at least 4 members (excludes halogenated alkanes) is 3. The summed E-state index contributed by atoms with van der Waals surface area (Å²) in [5.41, 5.74) is 1.49. The van der Waals surface area contributed by atoms with Crippen LogP contribution in [0.2, 0.25) is 0 Å². The van der Waals surface area contributed by atoms with Gasteiger partial charge in [0, 0.05) is 6.07 Å². The van der Waals surface area contributed by atoms with E-state index in [9.17, 15) is 15.2 Å². The van der Waals surface area contributed by atoms with Crippen LogP contribution in [0.3, 0.4) is 0 Å². The topological polar surface area (TPSA) is 72.6 Å². The molecule has 0 saturated carbocycles. The number of nitro benzene ring substituents is 1. The van der Waals surface area contributed by atoms with Crippen LogP contribution in [0.25, 0.3) is 11.1 Å². The van der Waals surface area contributed by atoms with Gasteiger partial charge in [0.25, 0.3) is 0 Å². The number of nitro groups is 1. The number of nitrogens with zero attached hydrogens (tertiary/aromatic N) is 1. The van der Waals surface area contributed by atoms with Gasteiger partial charge < -0.3 is 9.84 Å². The van der Waals surface area contributed by atoms with Crippen LogP contribution < -0.4 is 4.74 Å². The van der Waals surface area contributed by atoms with Crippen molar-refractivity contribution in [2.24, 2.45) is 0 Å². The third kappa shape index (κ3) is 5.48. The molecule has 0 aliphatic heterocycles. The lowest BCUT2D eigenvalue weighted by atomic mass is 10.0. The first-order valence-corrected chi connectivity index (χ1v) is 8.75. The van der Waals surface area contributed by atoms with Gasteiger partial charge in [-0.25, -0.2) is 0 Å². The smallest absolute Gasteiger partial charge is 0.311 e. The van der Waals surface area contributed by atoms with Crippen molar-refractivity contribution in [1.29, 1.82) is 0 Å². The van der Waals surface area contributed by atoms with E-state index in [2.05, 4.69) is 6.92 Å². The van der Waals surface area contributed by atoms with Gasteiger partial charge in [-0.3, -0.25) is 10.1 Å². The fraction of sp³-hybridized carbons (Fsp3) is 0.400. The first-order valence-electron chi connectivity index (χ1n) is 8.75. The lowest BCUT2D eigenvalue weighted by molar-refractivity contribution is -0.386. The SMILES string of the molecule is CCCCCC[C@H](C)Oc1ccc(-c2ccc(O)cc2)cc1[N+](=O)[O-]. The fourth-order valence-electron chi connectivity index (χ4n) is 2.73. The number of benzene rings is 2. The minimum atomic E-state index is -0.414. The molecule has 0 saturated heterocycles. The van der Waals surface area contributed by atoms with Crippen LogP contribution in [0.15, 0.2) is 42.5 Å². The molecule has 25 heavy (non-hydrogen) atoms. The summed E-state index contributed by atoms with van der Waals surface area (Å²) >= 11 is 0. The molecule has 2 aromatic carbocycles. The maximum Gasteiger partial charge on any atom is 0.311 e. The Morgan fingerprint density at radius 1 is 1.08 bits per heavy atom. The lowest BCUT2D eigenvalue weighted by Crippen LogP contribution is -2.12. The molecule has 0 aromatic heterocycles. The summed E-state index contributed by atoms with van der Waals surface area (Å²) in [6.07, 6.45) is 5.43. The number of phenols is 1. The van der Waals surface area contributed by atoms with Crippen molar-refractivity contribution >= 4 is 5.69 Å². The molecule has 0 heterocycles. The van der Waals surface area contributed by atoms with Gasteiger partial charge in [-0.15, -0.1) is 0 Å². The number of ether oxygens (including phenoxy) is 1. The van der Waals surface area contributed by atoms with E-state index in [1.807, 2.05) is 6.92 Å². The van der Waals surface area contributed by atoms with Crippen molar-refractivity contribution in [1.82, 2.24) is 0 Å². The first-order chi connectivity index (χ1) is 12.0. The number of phenolic OH excluding ortho intramolecular Hbond substituents is 1. The summed E-state index contributed by atoms with van der Waals surface area (Å²) in [5.74, 6) is 0.464. The molecule has 0 radical (unpaired) electrons. The van der Waals surface area contributed by atoms with Crippen LogP contribution in [0, 0.1) is 10.1 Å². The maximum absolute atomic E-state index is 11.4. The number of hydrogen-bond acceptors (Lipinski definition) is 4. The molecule has 0 aliphatic rings. The summed E-state index contributed by atoms with van der Waals surface area (Å²) in [7, 11) is 0. The van der Waals surface area contributed by atoms with Crippen molar-refractivity contribution in [2.45, 2.75) is 52.1 Å². The van der Waals surface area contributed by atoms with Crippen LogP contribution in [0.4, 0.5) is 5.69 Å². The van der Waals surface area contributed by atoms with Gasteiger partial charge in [-0.2, -0.15) is 0 Å². The van der Waals surface area contributed by atoms with E-state index in [1.54, 1.807) is 36.4 Å². The highest BCUT2D eigenvalue weighted by Gasteiger charge is 2.18. The van der Waals surface area contributed by atoms with Gasteiger partial charge in [0.2, 0.25) is 0 Å². The van der Waals surface area contributed by atoms with E-state index in [0.717, 1.165) is 30.4 Å². The largest absolute Gasteiger partial charge is 0.508 e. The quantitative estimate of drug-likeness (QED) is 0.360. The minimum Gasteiger partial charge on any atom is -0.508 e. The first kappa shape index (κ1) is 18.8. The highest BCUT2D eigenvalue weighted by Crippen LogP contribution is 2.33. The predicted molar refractivity (Wildman–Crippen MR) is 99.0 cm³/mol. The average molecular weight is 343 g/mol. The molecule has 5 heteroatoms. The van der Waals surface area contributed by atoms with Gasteiger partial charge >= 0.3 is 5.69 Å². The monoisotopic (exact) mass is 343 g/mol. The summed E-state index contributed by atoms with van der Waals surface area (Å²) in [6, 6.07) is 11.6. The molecule has 134 valence electrons. The number of rotatable bonds is 9. The van der Waals surface area contributed by atoms with Crippen molar-refractivity contribution in [3.63, 3.8) is 0 Å². The molecular formula is C20H25NO4. The molecule has 1 N–H and O–H groups in total.